The third-order valence-electron chi connectivity index (χ3n) is 4.57. The van der Waals surface area contributed by atoms with E-state index in [4.69, 9.17) is 0 Å². The van der Waals surface area contributed by atoms with Crippen molar-refractivity contribution in [1.29, 1.82) is 0 Å². The normalized spacial score (nSPS) is 21.4. The monoisotopic (exact) mass is 498 g/mol. The highest BCUT2D eigenvalue weighted by atomic mass is 127. The van der Waals surface area contributed by atoms with E-state index in [9.17, 15) is 8.78 Å². The molecule has 2 N–H and O–H groups in total. The van der Waals surface area contributed by atoms with Gasteiger partial charge < -0.3 is 15.5 Å². The fraction of sp³-hybridized carbons (Fsp3) is 0.611. The molecule has 1 aromatic carbocycles. The number of nitrogens with zero attached hydrogens (tertiary/aromatic N) is 2. The Morgan fingerprint density at radius 2 is 1.96 bits per heavy atom. The summed E-state index contributed by atoms with van der Waals surface area (Å²) in [5, 5.41) is 6.54. The van der Waals surface area contributed by atoms with Crippen molar-refractivity contribution in [3.05, 3.63) is 35.4 Å². The minimum absolute atomic E-state index is 0. The lowest BCUT2D eigenvalue weighted by Crippen LogP contribution is -2.46. The molecule has 1 aliphatic rings. The Labute approximate surface area is 176 Å². The van der Waals surface area contributed by atoms with Gasteiger partial charge in [0.1, 0.15) is 11.6 Å². The van der Waals surface area contributed by atoms with E-state index in [1.807, 2.05) is 25.9 Å². The first kappa shape index (κ1) is 23.4. The SMILES string of the molecule is CN=C(NCC(c1c(F)cccc1F)N(C)C)NCC1(C)CCCS1.I. The minimum Gasteiger partial charge on any atom is -0.355 e. The fourth-order valence-electron chi connectivity index (χ4n) is 3.03. The number of thioether (sulfide) groups is 1. The van der Waals surface area contributed by atoms with E-state index >= 15 is 0 Å². The summed E-state index contributed by atoms with van der Waals surface area (Å²) in [6, 6.07) is 3.53. The largest absolute Gasteiger partial charge is 0.355 e. The highest BCUT2D eigenvalue weighted by Gasteiger charge is 2.29. The summed E-state index contributed by atoms with van der Waals surface area (Å²) in [7, 11) is 5.32. The van der Waals surface area contributed by atoms with Gasteiger partial charge in [-0.25, -0.2) is 8.78 Å². The molecule has 2 unspecified atom stereocenters. The number of rotatable bonds is 6. The zero-order valence-corrected chi connectivity index (χ0v) is 19.0. The molecule has 148 valence electrons. The van der Waals surface area contributed by atoms with Crippen molar-refractivity contribution in [3.8, 4) is 0 Å². The Bertz CT molecular complexity index is 587. The number of benzene rings is 1. The molecular weight excluding hydrogens is 469 g/mol. The van der Waals surface area contributed by atoms with Crippen LogP contribution < -0.4 is 10.6 Å². The molecule has 0 bridgehead atoms. The van der Waals surface area contributed by atoms with Crippen molar-refractivity contribution < 1.29 is 8.78 Å². The summed E-state index contributed by atoms with van der Waals surface area (Å²) in [4.78, 5) is 6.03. The molecule has 0 saturated carbocycles. The number of hydrogen-bond donors (Lipinski definition) is 2. The van der Waals surface area contributed by atoms with Crippen molar-refractivity contribution >= 4 is 41.7 Å². The molecule has 0 aromatic heterocycles. The van der Waals surface area contributed by atoms with E-state index in [0.717, 1.165) is 6.54 Å². The molecule has 0 aliphatic carbocycles. The summed E-state index contributed by atoms with van der Waals surface area (Å²) >= 11 is 1.97. The van der Waals surface area contributed by atoms with Crippen LogP contribution in [0.2, 0.25) is 0 Å². The summed E-state index contributed by atoms with van der Waals surface area (Å²) in [5.41, 5.74) is 0.0776. The maximum Gasteiger partial charge on any atom is 0.191 e. The van der Waals surface area contributed by atoms with Crippen LogP contribution in [0.4, 0.5) is 8.78 Å². The molecular formula is C18H29F2IN4S. The van der Waals surface area contributed by atoms with Gasteiger partial charge in [-0.1, -0.05) is 6.07 Å². The van der Waals surface area contributed by atoms with Gasteiger partial charge in [0.2, 0.25) is 0 Å². The molecule has 4 nitrogen and oxygen atoms in total. The van der Waals surface area contributed by atoms with Crippen LogP contribution in [0.3, 0.4) is 0 Å². The first-order valence-corrected chi connectivity index (χ1v) is 9.53. The second-order valence-electron chi connectivity index (χ2n) is 6.82. The summed E-state index contributed by atoms with van der Waals surface area (Å²) in [6.45, 7) is 3.43. The number of likely N-dealkylation sites (N-methyl/N-ethyl adjacent to an activating group) is 1. The van der Waals surface area contributed by atoms with Crippen molar-refractivity contribution in [2.45, 2.75) is 30.6 Å². The van der Waals surface area contributed by atoms with Crippen LogP contribution in [0.1, 0.15) is 31.4 Å². The van der Waals surface area contributed by atoms with E-state index in [1.54, 1.807) is 11.9 Å². The van der Waals surface area contributed by atoms with Crippen molar-refractivity contribution in [3.63, 3.8) is 0 Å². The van der Waals surface area contributed by atoms with Crippen LogP contribution in [-0.4, -0.2) is 55.6 Å². The molecule has 1 aliphatic heterocycles. The van der Waals surface area contributed by atoms with Crippen molar-refractivity contribution in [2.24, 2.45) is 4.99 Å². The zero-order valence-electron chi connectivity index (χ0n) is 15.8. The second kappa shape index (κ2) is 10.7. The van der Waals surface area contributed by atoms with Gasteiger partial charge in [0.15, 0.2) is 5.96 Å². The lowest BCUT2D eigenvalue weighted by molar-refractivity contribution is 0.282. The standard InChI is InChI=1S/C18H28F2N4S.HI/c1-18(9-6-10-25-18)12-23-17(21-2)22-11-15(24(3)4)16-13(19)7-5-8-14(16)20;/h5,7-8,15H,6,9-12H2,1-4H3,(H2,21,22,23);1H. The third-order valence-corrected chi connectivity index (χ3v) is 6.11. The average molecular weight is 498 g/mol. The highest BCUT2D eigenvalue weighted by molar-refractivity contribution is 14.0. The molecule has 0 amide bonds. The average Bonchev–Trinajstić information content (AvgIpc) is 2.99. The number of nitrogens with one attached hydrogen (secondary N) is 2. The van der Waals surface area contributed by atoms with Crippen LogP contribution >= 0.6 is 35.7 Å². The van der Waals surface area contributed by atoms with E-state index in [2.05, 4.69) is 22.5 Å². The topological polar surface area (TPSA) is 39.7 Å². The lowest BCUT2D eigenvalue weighted by atomic mass is 10.0. The predicted molar refractivity (Wildman–Crippen MR) is 118 cm³/mol. The quantitative estimate of drug-likeness (QED) is 0.357. The van der Waals surface area contributed by atoms with Crippen molar-refractivity contribution in [2.75, 3.05) is 40.0 Å². The highest BCUT2D eigenvalue weighted by Crippen LogP contribution is 2.36. The first-order valence-electron chi connectivity index (χ1n) is 8.55. The molecule has 2 atom stereocenters. The molecule has 1 saturated heterocycles. The maximum absolute atomic E-state index is 14.1. The minimum atomic E-state index is -0.529. The molecule has 8 heteroatoms. The molecule has 1 heterocycles. The molecule has 26 heavy (non-hydrogen) atoms. The maximum atomic E-state index is 14.1. The van der Waals surface area contributed by atoms with Gasteiger partial charge in [-0.15, -0.1) is 24.0 Å². The molecule has 0 radical (unpaired) electrons. The molecule has 2 rings (SSSR count). The zero-order chi connectivity index (χ0) is 18.4. The number of guanidine groups is 1. The van der Waals surface area contributed by atoms with Gasteiger partial charge >= 0.3 is 0 Å². The summed E-state index contributed by atoms with van der Waals surface area (Å²) in [5.74, 6) is 0.786. The fourth-order valence-corrected chi connectivity index (χ4v) is 4.28. The van der Waals surface area contributed by atoms with Gasteiger partial charge in [-0.2, -0.15) is 11.8 Å². The summed E-state index contributed by atoms with van der Waals surface area (Å²) < 4.78 is 28.5. The number of halogens is 3. The van der Waals surface area contributed by atoms with Crippen LogP contribution in [0, 0.1) is 11.6 Å². The Hall–Kier alpha value is -0.610. The Kier molecular flexibility index (Phi) is 9.60. The van der Waals surface area contributed by atoms with E-state index in [-0.39, 0.29) is 34.3 Å². The van der Waals surface area contributed by atoms with Gasteiger partial charge in [0, 0.05) is 30.4 Å². The predicted octanol–water partition coefficient (Wildman–Crippen LogP) is 3.64. The van der Waals surface area contributed by atoms with E-state index < -0.39 is 17.7 Å². The van der Waals surface area contributed by atoms with Gasteiger partial charge in [0.25, 0.3) is 0 Å². The third kappa shape index (κ3) is 6.23. The Morgan fingerprint density at radius 1 is 1.31 bits per heavy atom. The van der Waals surface area contributed by atoms with Gasteiger partial charge in [-0.05, 0) is 51.7 Å². The van der Waals surface area contributed by atoms with Crippen LogP contribution in [0.15, 0.2) is 23.2 Å². The lowest BCUT2D eigenvalue weighted by Gasteiger charge is -2.28. The van der Waals surface area contributed by atoms with E-state index in [1.165, 1.54) is 36.8 Å². The molecule has 1 aromatic rings. The molecule has 0 spiro atoms. The molecule has 1 fully saturated rings. The smallest absolute Gasteiger partial charge is 0.191 e. The van der Waals surface area contributed by atoms with Crippen molar-refractivity contribution in [1.82, 2.24) is 15.5 Å². The first-order chi connectivity index (χ1) is 11.9. The van der Waals surface area contributed by atoms with Gasteiger partial charge in [0.05, 0.1) is 6.04 Å². The number of aliphatic imine (C=N–C) groups is 1. The Balaban J connectivity index is 0.00000338. The van der Waals surface area contributed by atoms with Crippen LogP contribution in [0.5, 0.6) is 0 Å². The second-order valence-corrected chi connectivity index (χ2v) is 8.51. The van der Waals surface area contributed by atoms with Crippen LogP contribution in [0.25, 0.3) is 0 Å². The van der Waals surface area contributed by atoms with E-state index in [0.29, 0.717) is 12.5 Å². The summed E-state index contributed by atoms with van der Waals surface area (Å²) in [6.07, 6.45) is 2.42. The van der Waals surface area contributed by atoms with Crippen LogP contribution in [-0.2, 0) is 0 Å². The van der Waals surface area contributed by atoms with Gasteiger partial charge in [-0.3, -0.25) is 4.99 Å². The Morgan fingerprint density at radius 3 is 2.46 bits per heavy atom. The number of hydrogen-bond acceptors (Lipinski definition) is 3.